The summed E-state index contributed by atoms with van der Waals surface area (Å²) < 4.78 is 0.732. The van der Waals surface area contributed by atoms with Crippen LogP contribution >= 0.6 is 27.5 Å². The Kier molecular flexibility index (Phi) is 4.35. The second kappa shape index (κ2) is 5.85. The fourth-order valence-electron chi connectivity index (χ4n) is 1.89. The molecule has 0 heterocycles. The van der Waals surface area contributed by atoms with E-state index in [9.17, 15) is 4.79 Å². The standard InChI is InChI=1S/C15H14BrClN2O/c1-8-5-9(2)13(18)7-11(8)15(20)19-14-4-3-10(17)6-12(14)16/h3-7H,18H2,1-2H3,(H,19,20). The predicted molar refractivity (Wildman–Crippen MR) is 87.4 cm³/mol. The number of hydrogen-bond donors (Lipinski definition) is 2. The van der Waals surface area contributed by atoms with Crippen LogP contribution in [-0.2, 0) is 0 Å². The molecular formula is C15H14BrClN2O. The summed E-state index contributed by atoms with van der Waals surface area (Å²) in [6, 6.07) is 8.80. The fraction of sp³-hybridized carbons (Fsp3) is 0.133. The van der Waals surface area contributed by atoms with Gasteiger partial charge >= 0.3 is 0 Å². The number of benzene rings is 2. The first-order chi connectivity index (χ1) is 9.38. The van der Waals surface area contributed by atoms with Gasteiger partial charge in [-0.15, -0.1) is 0 Å². The molecule has 3 N–H and O–H groups in total. The summed E-state index contributed by atoms with van der Waals surface area (Å²) in [5.74, 6) is -0.197. The van der Waals surface area contributed by atoms with Gasteiger partial charge in [0.2, 0.25) is 0 Å². The maximum absolute atomic E-state index is 12.3. The van der Waals surface area contributed by atoms with E-state index in [1.807, 2.05) is 19.9 Å². The highest BCUT2D eigenvalue weighted by atomic mass is 79.9. The molecule has 0 aliphatic carbocycles. The molecule has 0 aliphatic rings. The van der Waals surface area contributed by atoms with E-state index in [2.05, 4.69) is 21.2 Å². The summed E-state index contributed by atoms with van der Waals surface area (Å²) in [7, 11) is 0. The number of amides is 1. The molecule has 0 atom stereocenters. The number of nitrogens with one attached hydrogen (secondary N) is 1. The predicted octanol–water partition coefficient (Wildman–Crippen LogP) is 4.55. The van der Waals surface area contributed by atoms with Gasteiger partial charge in [0.15, 0.2) is 0 Å². The smallest absolute Gasteiger partial charge is 0.256 e. The molecule has 104 valence electrons. The quantitative estimate of drug-likeness (QED) is 0.778. The lowest BCUT2D eigenvalue weighted by Crippen LogP contribution is -2.14. The van der Waals surface area contributed by atoms with Crippen LogP contribution in [0.15, 0.2) is 34.8 Å². The van der Waals surface area contributed by atoms with Gasteiger partial charge in [0.25, 0.3) is 5.91 Å². The van der Waals surface area contributed by atoms with E-state index in [0.717, 1.165) is 15.6 Å². The fourth-order valence-corrected chi connectivity index (χ4v) is 2.68. The Labute approximate surface area is 131 Å². The van der Waals surface area contributed by atoms with Crippen LogP contribution in [0.25, 0.3) is 0 Å². The topological polar surface area (TPSA) is 55.1 Å². The molecule has 0 spiro atoms. The first kappa shape index (κ1) is 14.9. The highest BCUT2D eigenvalue weighted by Gasteiger charge is 2.12. The van der Waals surface area contributed by atoms with Gasteiger partial charge < -0.3 is 11.1 Å². The molecule has 0 unspecified atom stereocenters. The Morgan fingerprint density at radius 2 is 1.90 bits per heavy atom. The van der Waals surface area contributed by atoms with Crippen molar-refractivity contribution >= 4 is 44.8 Å². The van der Waals surface area contributed by atoms with Gasteiger partial charge in [0.1, 0.15) is 0 Å². The van der Waals surface area contributed by atoms with E-state index in [1.165, 1.54) is 0 Å². The number of anilines is 2. The molecule has 3 nitrogen and oxygen atoms in total. The molecule has 20 heavy (non-hydrogen) atoms. The number of halogens is 2. The van der Waals surface area contributed by atoms with Gasteiger partial charge in [0, 0.05) is 20.7 Å². The molecule has 0 radical (unpaired) electrons. The van der Waals surface area contributed by atoms with Crippen molar-refractivity contribution in [3.63, 3.8) is 0 Å². The van der Waals surface area contributed by atoms with E-state index in [0.29, 0.717) is 22.0 Å². The monoisotopic (exact) mass is 352 g/mol. The minimum Gasteiger partial charge on any atom is -0.398 e. The maximum atomic E-state index is 12.3. The summed E-state index contributed by atoms with van der Waals surface area (Å²) >= 11 is 9.24. The maximum Gasteiger partial charge on any atom is 0.256 e. The molecule has 2 rings (SSSR count). The van der Waals surface area contributed by atoms with Gasteiger partial charge in [-0.1, -0.05) is 17.7 Å². The average Bonchev–Trinajstić information content (AvgIpc) is 2.37. The van der Waals surface area contributed by atoms with Crippen LogP contribution in [0, 0.1) is 13.8 Å². The molecule has 0 saturated carbocycles. The van der Waals surface area contributed by atoms with E-state index < -0.39 is 0 Å². The Balaban J connectivity index is 2.31. The normalized spacial score (nSPS) is 10.4. The summed E-state index contributed by atoms with van der Waals surface area (Å²) in [5.41, 5.74) is 9.55. The second-order valence-corrected chi connectivity index (χ2v) is 5.89. The second-order valence-electron chi connectivity index (χ2n) is 4.60. The van der Waals surface area contributed by atoms with E-state index in [4.69, 9.17) is 17.3 Å². The van der Waals surface area contributed by atoms with Crippen molar-refractivity contribution in [1.82, 2.24) is 0 Å². The lowest BCUT2D eigenvalue weighted by Gasteiger charge is -2.11. The molecule has 0 fully saturated rings. The zero-order chi connectivity index (χ0) is 14.9. The molecular weight excluding hydrogens is 340 g/mol. The number of carbonyl (C=O) groups is 1. The van der Waals surface area contributed by atoms with Gasteiger partial charge in [-0.3, -0.25) is 4.79 Å². The Bertz CT molecular complexity index is 686. The SMILES string of the molecule is Cc1cc(C)c(C(=O)Nc2ccc(Cl)cc2Br)cc1N. The third kappa shape index (κ3) is 3.14. The van der Waals surface area contributed by atoms with E-state index >= 15 is 0 Å². The van der Waals surface area contributed by atoms with Crippen LogP contribution in [0.3, 0.4) is 0 Å². The van der Waals surface area contributed by atoms with E-state index in [-0.39, 0.29) is 5.91 Å². The largest absolute Gasteiger partial charge is 0.398 e. The molecule has 0 bridgehead atoms. The highest BCUT2D eigenvalue weighted by Crippen LogP contribution is 2.27. The minimum absolute atomic E-state index is 0.197. The van der Waals surface area contributed by atoms with Gasteiger partial charge in [-0.05, 0) is 65.2 Å². The first-order valence-corrected chi connectivity index (χ1v) is 7.18. The van der Waals surface area contributed by atoms with Crippen LogP contribution in [0.5, 0.6) is 0 Å². The Morgan fingerprint density at radius 3 is 2.55 bits per heavy atom. The van der Waals surface area contributed by atoms with Crippen molar-refractivity contribution in [1.29, 1.82) is 0 Å². The average molecular weight is 354 g/mol. The molecule has 0 aromatic heterocycles. The van der Waals surface area contributed by atoms with Gasteiger partial charge in [-0.25, -0.2) is 0 Å². The van der Waals surface area contributed by atoms with Gasteiger partial charge in [-0.2, -0.15) is 0 Å². The van der Waals surface area contributed by atoms with Crippen molar-refractivity contribution in [3.05, 3.63) is 56.5 Å². The molecule has 0 saturated heterocycles. The van der Waals surface area contributed by atoms with Crippen LogP contribution in [-0.4, -0.2) is 5.91 Å². The van der Waals surface area contributed by atoms with Crippen LogP contribution in [0.4, 0.5) is 11.4 Å². The Morgan fingerprint density at radius 1 is 1.20 bits per heavy atom. The van der Waals surface area contributed by atoms with Gasteiger partial charge in [0.05, 0.1) is 5.69 Å². The zero-order valence-electron chi connectivity index (χ0n) is 11.1. The number of rotatable bonds is 2. The number of nitrogens with two attached hydrogens (primary N) is 1. The van der Waals surface area contributed by atoms with Crippen LogP contribution in [0.2, 0.25) is 5.02 Å². The van der Waals surface area contributed by atoms with Crippen molar-refractivity contribution in [2.75, 3.05) is 11.1 Å². The van der Waals surface area contributed by atoms with E-state index in [1.54, 1.807) is 24.3 Å². The molecule has 1 amide bonds. The molecule has 5 heteroatoms. The third-order valence-electron chi connectivity index (χ3n) is 3.04. The zero-order valence-corrected chi connectivity index (χ0v) is 13.5. The molecule has 2 aromatic carbocycles. The molecule has 2 aromatic rings. The summed E-state index contributed by atoms with van der Waals surface area (Å²) in [4.78, 5) is 12.3. The summed E-state index contributed by atoms with van der Waals surface area (Å²) in [6.45, 7) is 3.80. The third-order valence-corrected chi connectivity index (χ3v) is 3.93. The van der Waals surface area contributed by atoms with Crippen LogP contribution < -0.4 is 11.1 Å². The lowest BCUT2D eigenvalue weighted by atomic mass is 10.0. The lowest BCUT2D eigenvalue weighted by molar-refractivity contribution is 0.102. The Hall–Kier alpha value is -1.52. The summed E-state index contributed by atoms with van der Waals surface area (Å²) in [6.07, 6.45) is 0. The summed E-state index contributed by atoms with van der Waals surface area (Å²) in [5, 5.41) is 3.44. The first-order valence-electron chi connectivity index (χ1n) is 6.01. The van der Waals surface area contributed by atoms with Crippen molar-refractivity contribution in [2.45, 2.75) is 13.8 Å². The van der Waals surface area contributed by atoms with Crippen molar-refractivity contribution in [3.8, 4) is 0 Å². The molecule has 0 aliphatic heterocycles. The number of hydrogen-bond acceptors (Lipinski definition) is 2. The number of aryl methyl sites for hydroxylation is 2. The number of nitrogen functional groups attached to an aromatic ring is 1. The van der Waals surface area contributed by atoms with Crippen molar-refractivity contribution in [2.24, 2.45) is 0 Å². The van der Waals surface area contributed by atoms with Crippen LogP contribution in [0.1, 0.15) is 21.5 Å². The minimum atomic E-state index is -0.197. The number of carbonyl (C=O) groups excluding carboxylic acids is 1. The highest BCUT2D eigenvalue weighted by molar-refractivity contribution is 9.10. The van der Waals surface area contributed by atoms with Crippen molar-refractivity contribution < 1.29 is 4.79 Å².